The lowest BCUT2D eigenvalue weighted by Crippen LogP contribution is -2.15. The average Bonchev–Trinajstić information content (AvgIpc) is 2.33. The van der Waals surface area contributed by atoms with Gasteiger partial charge in [-0.25, -0.2) is 0 Å². The number of thiocarbonyl (C=S) groups is 1. The molecule has 0 atom stereocenters. The first-order valence-electron chi connectivity index (χ1n) is 5.87. The van der Waals surface area contributed by atoms with Crippen LogP contribution in [0.1, 0.15) is 22.4 Å². The molecule has 2 rings (SSSR count). The first-order chi connectivity index (χ1) is 8.99. The zero-order chi connectivity index (χ0) is 14.0. The highest BCUT2D eigenvalue weighted by molar-refractivity contribution is 7.80. The van der Waals surface area contributed by atoms with Crippen molar-refractivity contribution >= 4 is 17.2 Å². The first kappa shape index (κ1) is 13.4. The van der Waals surface area contributed by atoms with E-state index >= 15 is 0 Å². The standard InChI is InChI=1S/C14H15N3OS/c1-8-5-4-6-11(7-8)18-14-12(13(15)19)9(2)10(3)16-17-14/h4-7H,1-3H3,(H2,15,19). The molecule has 19 heavy (non-hydrogen) atoms. The molecule has 0 aliphatic rings. The summed E-state index contributed by atoms with van der Waals surface area (Å²) in [5.74, 6) is 1.04. The number of aromatic nitrogens is 2. The van der Waals surface area contributed by atoms with Gasteiger partial charge in [0.25, 0.3) is 0 Å². The van der Waals surface area contributed by atoms with Crippen molar-refractivity contribution in [2.75, 3.05) is 0 Å². The van der Waals surface area contributed by atoms with E-state index in [2.05, 4.69) is 10.2 Å². The minimum atomic E-state index is 0.262. The normalized spacial score (nSPS) is 10.3. The van der Waals surface area contributed by atoms with Gasteiger partial charge in [-0.05, 0) is 44.0 Å². The van der Waals surface area contributed by atoms with E-state index in [9.17, 15) is 0 Å². The SMILES string of the molecule is Cc1cccc(Oc2nnc(C)c(C)c2C(N)=S)c1. The third kappa shape index (κ3) is 2.88. The molecule has 1 heterocycles. The van der Waals surface area contributed by atoms with Crippen LogP contribution in [0.4, 0.5) is 0 Å². The van der Waals surface area contributed by atoms with Gasteiger partial charge in [0.1, 0.15) is 10.7 Å². The van der Waals surface area contributed by atoms with Crippen LogP contribution in [0.15, 0.2) is 24.3 Å². The minimum Gasteiger partial charge on any atom is -0.437 e. The van der Waals surface area contributed by atoms with Gasteiger partial charge in [-0.1, -0.05) is 24.4 Å². The smallest absolute Gasteiger partial charge is 0.249 e. The summed E-state index contributed by atoms with van der Waals surface area (Å²) in [6, 6.07) is 7.68. The number of nitrogens with zero attached hydrogens (tertiary/aromatic N) is 2. The van der Waals surface area contributed by atoms with E-state index in [0.29, 0.717) is 17.2 Å². The molecule has 0 saturated carbocycles. The van der Waals surface area contributed by atoms with Gasteiger partial charge in [0.15, 0.2) is 0 Å². The van der Waals surface area contributed by atoms with Crippen molar-refractivity contribution in [1.82, 2.24) is 10.2 Å². The lowest BCUT2D eigenvalue weighted by molar-refractivity contribution is 0.452. The van der Waals surface area contributed by atoms with Gasteiger partial charge in [-0.3, -0.25) is 0 Å². The molecule has 1 aromatic heterocycles. The largest absolute Gasteiger partial charge is 0.437 e. The fourth-order valence-electron chi connectivity index (χ4n) is 1.74. The summed E-state index contributed by atoms with van der Waals surface area (Å²) >= 11 is 5.07. The van der Waals surface area contributed by atoms with Gasteiger partial charge < -0.3 is 10.5 Å². The van der Waals surface area contributed by atoms with Gasteiger partial charge in [-0.2, -0.15) is 5.10 Å². The maximum absolute atomic E-state index is 5.75. The summed E-state index contributed by atoms with van der Waals surface area (Å²) in [7, 11) is 0. The number of benzene rings is 1. The highest BCUT2D eigenvalue weighted by Crippen LogP contribution is 2.26. The third-order valence-corrected chi connectivity index (χ3v) is 3.08. The number of hydrogen-bond donors (Lipinski definition) is 1. The Hall–Kier alpha value is -2.01. The summed E-state index contributed by atoms with van der Waals surface area (Å²) in [5.41, 5.74) is 9.18. The molecular formula is C14H15N3OS. The van der Waals surface area contributed by atoms with E-state index in [4.69, 9.17) is 22.7 Å². The van der Waals surface area contributed by atoms with Gasteiger partial charge in [0.2, 0.25) is 5.88 Å². The highest BCUT2D eigenvalue weighted by Gasteiger charge is 2.15. The molecule has 0 saturated heterocycles. The van der Waals surface area contributed by atoms with E-state index < -0.39 is 0 Å². The molecule has 0 bridgehead atoms. The van der Waals surface area contributed by atoms with Crippen molar-refractivity contribution in [3.05, 3.63) is 46.6 Å². The Bertz CT molecular complexity index is 641. The second-order valence-corrected chi connectivity index (χ2v) is 4.81. The third-order valence-electron chi connectivity index (χ3n) is 2.87. The van der Waals surface area contributed by atoms with Crippen molar-refractivity contribution in [3.8, 4) is 11.6 Å². The summed E-state index contributed by atoms with van der Waals surface area (Å²) in [5, 5.41) is 8.10. The molecule has 98 valence electrons. The molecule has 2 aromatic rings. The van der Waals surface area contributed by atoms with Crippen LogP contribution in [0.2, 0.25) is 0 Å². The second kappa shape index (κ2) is 5.32. The molecule has 0 aliphatic carbocycles. The summed E-state index contributed by atoms with van der Waals surface area (Å²) < 4.78 is 5.75. The lowest BCUT2D eigenvalue weighted by Gasteiger charge is -2.12. The van der Waals surface area contributed by atoms with Crippen LogP contribution in [0, 0.1) is 20.8 Å². The number of aryl methyl sites for hydroxylation is 2. The van der Waals surface area contributed by atoms with Crippen LogP contribution in [0.25, 0.3) is 0 Å². The van der Waals surface area contributed by atoms with Crippen molar-refractivity contribution in [2.45, 2.75) is 20.8 Å². The highest BCUT2D eigenvalue weighted by atomic mass is 32.1. The van der Waals surface area contributed by atoms with Gasteiger partial charge in [0.05, 0.1) is 11.3 Å². The molecule has 0 unspecified atom stereocenters. The van der Waals surface area contributed by atoms with Gasteiger partial charge >= 0.3 is 0 Å². The van der Waals surface area contributed by atoms with Crippen molar-refractivity contribution in [1.29, 1.82) is 0 Å². The van der Waals surface area contributed by atoms with Gasteiger partial charge in [0, 0.05) is 0 Å². The minimum absolute atomic E-state index is 0.262. The van der Waals surface area contributed by atoms with Gasteiger partial charge in [-0.15, -0.1) is 5.10 Å². The number of rotatable bonds is 3. The van der Waals surface area contributed by atoms with Crippen molar-refractivity contribution in [2.24, 2.45) is 5.73 Å². The lowest BCUT2D eigenvalue weighted by atomic mass is 10.1. The molecule has 1 aromatic carbocycles. The summed E-state index contributed by atoms with van der Waals surface area (Å²) in [4.78, 5) is 0.262. The molecule has 0 spiro atoms. The maximum atomic E-state index is 5.75. The fourth-order valence-corrected chi connectivity index (χ4v) is 1.98. The van der Waals surface area contributed by atoms with E-state index in [1.807, 2.05) is 45.0 Å². The predicted octanol–water partition coefficient (Wildman–Crippen LogP) is 2.83. The first-order valence-corrected chi connectivity index (χ1v) is 6.28. The zero-order valence-corrected chi connectivity index (χ0v) is 11.9. The molecule has 0 aliphatic heterocycles. The molecular weight excluding hydrogens is 258 g/mol. The molecule has 0 radical (unpaired) electrons. The van der Waals surface area contributed by atoms with Crippen LogP contribution in [-0.4, -0.2) is 15.2 Å². The number of ether oxygens (including phenoxy) is 1. The Morgan fingerprint density at radius 3 is 2.58 bits per heavy atom. The van der Waals surface area contributed by atoms with E-state index in [-0.39, 0.29) is 4.99 Å². The molecule has 5 heteroatoms. The van der Waals surface area contributed by atoms with Crippen LogP contribution in [0.5, 0.6) is 11.6 Å². The van der Waals surface area contributed by atoms with E-state index in [0.717, 1.165) is 16.8 Å². The van der Waals surface area contributed by atoms with Crippen LogP contribution >= 0.6 is 12.2 Å². The number of hydrogen-bond acceptors (Lipinski definition) is 4. The number of nitrogens with two attached hydrogens (primary N) is 1. The average molecular weight is 273 g/mol. The zero-order valence-electron chi connectivity index (χ0n) is 11.1. The van der Waals surface area contributed by atoms with Crippen molar-refractivity contribution < 1.29 is 4.74 Å². The van der Waals surface area contributed by atoms with Crippen LogP contribution < -0.4 is 10.5 Å². The topological polar surface area (TPSA) is 61.0 Å². The van der Waals surface area contributed by atoms with E-state index in [1.54, 1.807) is 0 Å². The Morgan fingerprint density at radius 2 is 1.95 bits per heavy atom. The molecule has 0 amide bonds. The Labute approximate surface area is 117 Å². The summed E-state index contributed by atoms with van der Waals surface area (Å²) in [6.45, 7) is 5.76. The Morgan fingerprint density at radius 1 is 1.21 bits per heavy atom. The maximum Gasteiger partial charge on any atom is 0.249 e. The van der Waals surface area contributed by atoms with Crippen LogP contribution in [0.3, 0.4) is 0 Å². The summed E-state index contributed by atoms with van der Waals surface area (Å²) in [6.07, 6.45) is 0. The second-order valence-electron chi connectivity index (χ2n) is 4.37. The quantitative estimate of drug-likeness (QED) is 0.871. The van der Waals surface area contributed by atoms with E-state index in [1.165, 1.54) is 0 Å². The Balaban J connectivity index is 2.46. The van der Waals surface area contributed by atoms with Crippen LogP contribution in [-0.2, 0) is 0 Å². The molecule has 0 fully saturated rings. The van der Waals surface area contributed by atoms with Crippen molar-refractivity contribution in [3.63, 3.8) is 0 Å². The fraction of sp³-hybridized carbons (Fsp3) is 0.214. The monoisotopic (exact) mass is 273 g/mol. The molecule has 4 nitrogen and oxygen atoms in total. The predicted molar refractivity (Wildman–Crippen MR) is 78.6 cm³/mol. The molecule has 2 N–H and O–H groups in total. The Kier molecular flexibility index (Phi) is 3.76.